The highest BCUT2D eigenvalue weighted by Gasteiger charge is 2.22. The van der Waals surface area contributed by atoms with E-state index >= 15 is 0 Å². The summed E-state index contributed by atoms with van der Waals surface area (Å²) in [4.78, 5) is 24.5. The number of methoxy groups -OCH3 is 1. The lowest BCUT2D eigenvalue weighted by atomic mass is 10.1. The third-order valence-corrected chi connectivity index (χ3v) is 4.37. The van der Waals surface area contributed by atoms with Crippen LogP contribution in [0.4, 0.5) is 5.69 Å². The lowest BCUT2D eigenvalue weighted by Crippen LogP contribution is -2.43. The third kappa shape index (κ3) is 4.91. The molecule has 10 nitrogen and oxygen atoms in total. The number of carbonyl (C=O) groups is 1. The van der Waals surface area contributed by atoms with Crippen LogP contribution in [-0.4, -0.2) is 60.9 Å². The first-order valence-corrected chi connectivity index (χ1v) is 8.94. The Hall–Kier alpha value is -3.40. The maximum Gasteiger partial charge on any atom is 0.338 e. The van der Waals surface area contributed by atoms with Gasteiger partial charge in [-0.05, 0) is 30.7 Å². The van der Waals surface area contributed by atoms with Crippen LogP contribution in [-0.2, 0) is 9.53 Å². The molecule has 3 rings (SSSR count). The molecule has 1 saturated heterocycles. The van der Waals surface area contributed by atoms with Crippen molar-refractivity contribution in [1.82, 2.24) is 10.1 Å². The molecule has 1 aliphatic heterocycles. The van der Waals surface area contributed by atoms with Crippen LogP contribution >= 0.6 is 0 Å². The van der Waals surface area contributed by atoms with E-state index in [1.807, 2.05) is 0 Å². The Kier molecular flexibility index (Phi) is 6.45. The maximum absolute atomic E-state index is 12.2. The van der Waals surface area contributed by atoms with Gasteiger partial charge in [-0.3, -0.25) is 14.9 Å². The molecule has 0 unspecified atom stereocenters. The van der Waals surface area contributed by atoms with Gasteiger partial charge in [-0.1, -0.05) is 17.3 Å². The molecule has 1 aromatic carbocycles. The molecular formula is C19H21N3O7. The molecule has 0 radical (unpaired) electrons. The van der Waals surface area contributed by atoms with Crippen molar-refractivity contribution in [2.45, 2.75) is 6.92 Å². The van der Waals surface area contributed by atoms with Crippen molar-refractivity contribution in [3.05, 3.63) is 45.3 Å². The first-order valence-electron chi connectivity index (χ1n) is 8.94. The number of rotatable bonds is 7. The van der Waals surface area contributed by atoms with Crippen molar-refractivity contribution < 1.29 is 28.5 Å². The van der Waals surface area contributed by atoms with Gasteiger partial charge in [-0.25, -0.2) is 0 Å². The SMILES string of the molecule is COc1cc(C=Cc2onc(C)c2[N+](=O)[O-])ccc1OCC(=O)N1CCOCC1. The Balaban J connectivity index is 1.68. The van der Waals surface area contributed by atoms with Crippen LogP contribution in [0.1, 0.15) is 17.0 Å². The summed E-state index contributed by atoms with van der Waals surface area (Å²) in [6.07, 6.45) is 3.10. The van der Waals surface area contributed by atoms with Gasteiger partial charge in [0.25, 0.3) is 5.91 Å². The molecule has 1 aromatic heterocycles. The molecule has 2 aromatic rings. The summed E-state index contributed by atoms with van der Waals surface area (Å²) < 4.78 is 21.2. The zero-order valence-electron chi connectivity index (χ0n) is 16.1. The van der Waals surface area contributed by atoms with E-state index in [1.54, 1.807) is 29.2 Å². The number of aryl methyl sites for hydroxylation is 1. The molecule has 0 N–H and O–H groups in total. The number of nitro groups is 1. The fraction of sp³-hybridized carbons (Fsp3) is 0.368. The van der Waals surface area contributed by atoms with Gasteiger partial charge in [0.1, 0.15) is 0 Å². The zero-order valence-corrected chi connectivity index (χ0v) is 16.1. The van der Waals surface area contributed by atoms with E-state index in [0.29, 0.717) is 43.4 Å². The number of amides is 1. The van der Waals surface area contributed by atoms with Gasteiger partial charge < -0.3 is 23.6 Å². The summed E-state index contributed by atoms with van der Waals surface area (Å²) in [5.41, 5.74) is 0.743. The Morgan fingerprint density at radius 2 is 2.07 bits per heavy atom. The normalized spacial score (nSPS) is 14.2. The van der Waals surface area contributed by atoms with Crippen LogP contribution in [0.25, 0.3) is 12.2 Å². The van der Waals surface area contributed by atoms with E-state index in [0.717, 1.165) is 0 Å². The smallest absolute Gasteiger partial charge is 0.338 e. The quantitative estimate of drug-likeness (QED) is 0.511. The zero-order chi connectivity index (χ0) is 20.8. The number of nitrogens with zero attached hydrogens (tertiary/aromatic N) is 3. The second-order valence-electron chi connectivity index (χ2n) is 6.26. The highest BCUT2D eigenvalue weighted by molar-refractivity contribution is 5.78. The van der Waals surface area contributed by atoms with Gasteiger partial charge in [-0.2, -0.15) is 0 Å². The fourth-order valence-corrected chi connectivity index (χ4v) is 2.84. The monoisotopic (exact) mass is 403 g/mol. The number of hydrogen-bond acceptors (Lipinski definition) is 8. The van der Waals surface area contributed by atoms with Crippen molar-refractivity contribution in [3.8, 4) is 11.5 Å². The number of aromatic nitrogens is 1. The van der Waals surface area contributed by atoms with Gasteiger partial charge in [-0.15, -0.1) is 0 Å². The van der Waals surface area contributed by atoms with Crippen LogP contribution in [0.5, 0.6) is 11.5 Å². The van der Waals surface area contributed by atoms with Gasteiger partial charge in [0.2, 0.25) is 5.76 Å². The first kappa shape index (κ1) is 20.3. The highest BCUT2D eigenvalue weighted by atomic mass is 16.6. The van der Waals surface area contributed by atoms with Crippen molar-refractivity contribution >= 4 is 23.7 Å². The van der Waals surface area contributed by atoms with Crippen LogP contribution in [0.3, 0.4) is 0 Å². The van der Waals surface area contributed by atoms with Crippen LogP contribution in [0, 0.1) is 17.0 Å². The molecule has 0 bridgehead atoms. The van der Waals surface area contributed by atoms with E-state index in [2.05, 4.69) is 5.16 Å². The molecule has 1 fully saturated rings. The topological polar surface area (TPSA) is 117 Å². The second kappa shape index (κ2) is 9.20. The van der Waals surface area contributed by atoms with Crippen molar-refractivity contribution in [2.24, 2.45) is 0 Å². The highest BCUT2D eigenvalue weighted by Crippen LogP contribution is 2.30. The van der Waals surface area contributed by atoms with E-state index in [9.17, 15) is 14.9 Å². The molecule has 1 amide bonds. The first-order chi connectivity index (χ1) is 14.0. The Morgan fingerprint density at radius 3 is 2.76 bits per heavy atom. The van der Waals surface area contributed by atoms with Gasteiger partial charge in [0.05, 0.1) is 25.2 Å². The van der Waals surface area contributed by atoms with Crippen molar-refractivity contribution in [1.29, 1.82) is 0 Å². The molecule has 29 heavy (non-hydrogen) atoms. The van der Waals surface area contributed by atoms with Crippen molar-refractivity contribution in [2.75, 3.05) is 40.0 Å². The van der Waals surface area contributed by atoms with E-state index in [-0.39, 0.29) is 29.7 Å². The minimum atomic E-state index is -0.533. The standard InChI is InChI=1S/C19H21N3O7/c1-13-19(22(24)25)16(29-20-13)6-4-14-3-5-15(17(11-14)26-2)28-12-18(23)21-7-9-27-10-8-21/h3-6,11H,7-10,12H2,1-2H3. The molecule has 0 atom stereocenters. The molecule has 0 saturated carbocycles. The summed E-state index contributed by atoms with van der Waals surface area (Å²) in [5, 5.41) is 14.7. The van der Waals surface area contributed by atoms with E-state index in [1.165, 1.54) is 20.1 Å². The predicted octanol–water partition coefficient (Wildman–Crippen LogP) is 2.31. The average Bonchev–Trinajstić information content (AvgIpc) is 3.12. The predicted molar refractivity (Wildman–Crippen MR) is 103 cm³/mol. The summed E-state index contributed by atoms with van der Waals surface area (Å²) in [6.45, 7) is 3.56. The molecule has 2 heterocycles. The molecule has 154 valence electrons. The molecule has 0 spiro atoms. The summed E-state index contributed by atoms with van der Waals surface area (Å²) >= 11 is 0. The Labute approximate surface area is 166 Å². The molecule has 0 aliphatic carbocycles. The second-order valence-corrected chi connectivity index (χ2v) is 6.26. The summed E-state index contributed by atoms with van der Waals surface area (Å²) in [5.74, 6) is 0.799. The summed E-state index contributed by atoms with van der Waals surface area (Å²) in [7, 11) is 1.49. The van der Waals surface area contributed by atoms with E-state index in [4.69, 9.17) is 18.7 Å². The fourth-order valence-electron chi connectivity index (χ4n) is 2.84. The van der Waals surface area contributed by atoms with E-state index < -0.39 is 4.92 Å². The third-order valence-electron chi connectivity index (χ3n) is 4.37. The minimum absolute atomic E-state index is 0.0582. The molecule has 10 heteroatoms. The van der Waals surface area contributed by atoms with Crippen molar-refractivity contribution in [3.63, 3.8) is 0 Å². The number of carbonyl (C=O) groups excluding carboxylic acids is 1. The van der Waals surface area contributed by atoms with Crippen LogP contribution in [0.15, 0.2) is 22.7 Å². The Morgan fingerprint density at radius 1 is 1.31 bits per heavy atom. The van der Waals surface area contributed by atoms with Crippen LogP contribution in [0.2, 0.25) is 0 Å². The van der Waals surface area contributed by atoms with Gasteiger partial charge in [0.15, 0.2) is 23.8 Å². The lowest BCUT2D eigenvalue weighted by Gasteiger charge is -2.26. The Bertz CT molecular complexity index is 917. The average molecular weight is 403 g/mol. The number of hydrogen-bond donors (Lipinski definition) is 0. The van der Waals surface area contributed by atoms with Crippen LogP contribution < -0.4 is 9.47 Å². The van der Waals surface area contributed by atoms with Gasteiger partial charge >= 0.3 is 5.69 Å². The maximum atomic E-state index is 12.2. The number of morpholine rings is 1. The van der Waals surface area contributed by atoms with Gasteiger partial charge in [0, 0.05) is 13.1 Å². The number of benzene rings is 1. The summed E-state index contributed by atoms with van der Waals surface area (Å²) in [6, 6.07) is 5.11. The molecular weight excluding hydrogens is 382 g/mol. The largest absolute Gasteiger partial charge is 0.493 e. The molecule has 1 aliphatic rings. The number of ether oxygens (including phenoxy) is 3. The lowest BCUT2D eigenvalue weighted by molar-refractivity contribution is -0.386. The minimum Gasteiger partial charge on any atom is -0.493 e.